The molecule has 1 N–H and O–H groups in total. The number of likely N-dealkylation sites (tertiary alicyclic amines) is 1. The van der Waals surface area contributed by atoms with Gasteiger partial charge in [0.05, 0.1) is 11.4 Å². The molecule has 114 valence electrons. The molecular weight excluding hydrogens is 280 g/mol. The molecule has 0 saturated carbocycles. The molecule has 1 atom stereocenters. The summed E-state index contributed by atoms with van der Waals surface area (Å²) in [6.07, 6.45) is 2.43. The molecule has 2 aliphatic heterocycles. The molecular formula is C16H18N4O2. The number of amides is 2. The lowest BCUT2D eigenvalue weighted by atomic mass is 10.1. The van der Waals surface area contributed by atoms with Crippen LogP contribution in [-0.4, -0.2) is 46.5 Å². The van der Waals surface area contributed by atoms with E-state index < -0.39 is 0 Å². The molecule has 6 nitrogen and oxygen atoms in total. The number of aromatic nitrogens is 2. The molecule has 2 amide bonds. The molecule has 4 rings (SSSR count). The van der Waals surface area contributed by atoms with E-state index in [2.05, 4.69) is 10.2 Å². The van der Waals surface area contributed by atoms with Crippen LogP contribution in [0.15, 0.2) is 24.3 Å². The first-order valence-electron chi connectivity index (χ1n) is 7.76. The van der Waals surface area contributed by atoms with E-state index in [1.165, 1.54) is 0 Å². The zero-order chi connectivity index (χ0) is 15.1. The van der Waals surface area contributed by atoms with Gasteiger partial charge in [0, 0.05) is 31.4 Å². The van der Waals surface area contributed by atoms with Gasteiger partial charge in [-0.25, -0.2) is 0 Å². The number of nitrogens with zero attached hydrogens (tertiary/aromatic N) is 3. The summed E-state index contributed by atoms with van der Waals surface area (Å²) in [7, 11) is 0. The molecule has 22 heavy (non-hydrogen) atoms. The predicted octanol–water partition coefficient (Wildman–Crippen LogP) is 1.54. The summed E-state index contributed by atoms with van der Waals surface area (Å²) >= 11 is 0. The van der Waals surface area contributed by atoms with Gasteiger partial charge in [-0.15, -0.1) is 0 Å². The first-order chi connectivity index (χ1) is 10.7. The van der Waals surface area contributed by atoms with E-state index in [9.17, 15) is 9.59 Å². The summed E-state index contributed by atoms with van der Waals surface area (Å²) in [5.74, 6) is 0.501. The van der Waals surface area contributed by atoms with Gasteiger partial charge in [0.1, 0.15) is 0 Å². The van der Waals surface area contributed by atoms with Gasteiger partial charge in [-0.2, -0.15) is 5.10 Å². The number of carbonyl (C=O) groups is 2. The van der Waals surface area contributed by atoms with Crippen molar-refractivity contribution in [2.45, 2.75) is 19.3 Å². The van der Waals surface area contributed by atoms with E-state index in [1.54, 1.807) is 4.90 Å². The molecule has 2 saturated heterocycles. The largest absolute Gasteiger partial charge is 0.342 e. The van der Waals surface area contributed by atoms with E-state index >= 15 is 0 Å². The molecule has 2 aliphatic rings. The van der Waals surface area contributed by atoms with Crippen molar-refractivity contribution in [3.63, 3.8) is 0 Å². The maximum Gasteiger partial charge on any atom is 0.229 e. The summed E-state index contributed by atoms with van der Waals surface area (Å²) in [4.78, 5) is 28.4. The Morgan fingerprint density at radius 3 is 2.82 bits per heavy atom. The van der Waals surface area contributed by atoms with Crippen LogP contribution in [0.1, 0.15) is 19.3 Å². The molecule has 3 heterocycles. The van der Waals surface area contributed by atoms with E-state index in [0.717, 1.165) is 36.8 Å². The van der Waals surface area contributed by atoms with Crippen molar-refractivity contribution < 1.29 is 9.59 Å². The standard InChI is InChI=1S/C16H18N4O2/c21-14-9-11(16(22)19-7-3-4-8-19)10-20(14)15-12-5-1-2-6-13(12)17-18-15/h1-2,5-6,11H,3-4,7-10H2,(H,17,18)/t11-/m1/s1. The van der Waals surface area contributed by atoms with Crippen molar-refractivity contribution >= 4 is 28.5 Å². The van der Waals surface area contributed by atoms with Crippen LogP contribution in [0.4, 0.5) is 5.82 Å². The minimum atomic E-state index is -0.235. The van der Waals surface area contributed by atoms with E-state index in [0.29, 0.717) is 12.4 Å². The number of hydrogen-bond acceptors (Lipinski definition) is 3. The Balaban J connectivity index is 1.58. The Bertz CT molecular complexity index is 733. The highest BCUT2D eigenvalue weighted by Gasteiger charge is 2.39. The fourth-order valence-electron chi connectivity index (χ4n) is 3.43. The smallest absolute Gasteiger partial charge is 0.229 e. The second-order valence-corrected chi connectivity index (χ2v) is 6.03. The van der Waals surface area contributed by atoms with Gasteiger partial charge in [-0.05, 0) is 25.0 Å². The third-order valence-electron chi connectivity index (χ3n) is 4.60. The average molecular weight is 298 g/mol. The monoisotopic (exact) mass is 298 g/mol. The van der Waals surface area contributed by atoms with Crippen molar-refractivity contribution in [3.05, 3.63) is 24.3 Å². The minimum Gasteiger partial charge on any atom is -0.342 e. The van der Waals surface area contributed by atoms with Crippen LogP contribution in [-0.2, 0) is 9.59 Å². The molecule has 1 aromatic heterocycles. The van der Waals surface area contributed by atoms with Crippen LogP contribution >= 0.6 is 0 Å². The number of anilines is 1. The van der Waals surface area contributed by atoms with Gasteiger partial charge in [0.2, 0.25) is 11.8 Å². The molecule has 0 unspecified atom stereocenters. The third-order valence-corrected chi connectivity index (χ3v) is 4.60. The number of para-hydroxylation sites is 1. The number of nitrogens with one attached hydrogen (secondary N) is 1. The van der Waals surface area contributed by atoms with E-state index in [4.69, 9.17) is 0 Å². The third kappa shape index (κ3) is 2.06. The number of benzene rings is 1. The Morgan fingerprint density at radius 1 is 1.23 bits per heavy atom. The highest BCUT2D eigenvalue weighted by Crippen LogP contribution is 2.30. The van der Waals surface area contributed by atoms with E-state index in [-0.39, 0.29) is 24.2 Å². The molecule has 0 spiro atoms. The summed E-state index contributed by atoms with van der Waals surface area (Å²) in [6.45, 7) is 2.09. The zero-order valence-electron chi connectivity index (χ0n) is 12.3. The topological polar surface area (TPSA) is 69.3 Å². The van der Waals surface area contributed by atoms with Crippen LogP contribution in [0.5, 0.6) is 0 Å². The summed E-state index contributed by atoms with van der Waals surface area (Å²) in [5.41, 5.74) is 0.902. The van der Waals surface area contributed by atoms with Crippen molar-refractivity contribution in [1.29, 1.82) is 0 Å². The van der Waals surface area contributed by atoms with Crippen LogP contribution in [0.3, 0.4) is 0 Å². The molecule has 0 bridgehead atoms. The Kier molecular flexibility index (Phi) is 3.10. The predicted molar refractivity (Wildman–Crippen MR) is 82.4 cm³/mol. The van der Waals surface area contributed by atoms with Gasteiger partial charge in [0.15, 0.2) is 5.82 Å². The maximum atomic E-state index is 12.5. The molecule has 2 fully saturated rings. The minimum absolute atomic E-state index is 0.0187. The quantitative estimate of drug-likeness (QED) is 0.914. The summed E-state index contributed by atoms with van der Waals surface area (Å²) in [5, 5.41) is 8.14. The van der Waals surface area contributed by atoms with Gasteiger partial charge in [0.25, 0.3) is 0 Å². The van der Waals surface area contributed by atoms with Crippen molar-refractivity contribution in [1.82, 2.24) is 15.1 Å². The van der Waals surface area contributed by atoms with Crippen LogP contribution in [0.2, 0.25) is 0 Å². The molecule has 0 aliphatic carbocycles. The van der Waals surface area contributed by atoms with E-state index in [1.807, 2.05) is 29.2 Å². The number of aromatic amines is 1. The van der Waals surface area contributed by atoms with Gasteiger partial charge >= 0.3 is 0 Å². The van der Waals surface area contributed by atoms with Crippen molar-refractivity contribution in [2.75, 3.05) is 24.5 Å². The fourth-order valence-corrected chi connectivity index (χ4v) is 3.43. The Hall–Kier alpha value is -2.37. The van der Waals surface area contributed by atoms with Gasteiger partial charge in [-0.1, -0.05) is 12.1 Å². The molecule has 0 radical (unpaired) electrons. The zero-order valence-corrected chi connectivity index (χ0v) is 12.3. The number of H-pyrrole nitrogens is 1. The highest BCUT2D eigenvalue weighted by atomic mass is 16.2. The lowest BCUT2D eigenvalue weighted by Gasteiger charge is -2.19. The number of carbonyl (C=O) groups excluding carboxylic acids is 2. The van der Waals surface area contributed by atoms with Crippen molar-refractivity contribution in [3.8, 4) is 0 Å². The Labute approximate surface area is 128 Å². The first kappa shape index (κ1) is 13.3. The molecule has 6 heteroatoms. The molecule has 2 aromatic rings. The summed E-state index contributed by atoms with van der Waals surface area (Å²) in [6, 6.07) is 7.72. The van der Waals surface area contributed by atoms with Crippen LogP contribution < -0.4 is 4.90 Å². The second-order valence-electron chi connectivity index (χ2n) is 6.03. The fraction of sp³-hybridized carbons (Fsp3) is 0.438. The summed E-state index contributed by atoms with van der Waals surface area (Å²) < 4.78 is 0. The van der Waals surface area contributed by atoms with Crippen LogP contribution in [0.25, 0.3) is 10.9 Å². The first-order valence-corrected chi connectivity index (χ1v) is 7.76. The average Bonchev–Trinajstić information content (AvgIpc) is 3.25. The maximum absolute atomic E-state index is 12.5. The Morgan fingerprint density at radius 2 is 2.00 bits per heavy atom. The normalized spacial score (nSPS) is 22.0. The van der Waals surface area contributed by atoms with Gasteiger partial charge < -0.3 is 4.90 Å². The number of hydrogen-bond donors (Lipinski definition) is 1. The lowest BCUT2D eigenvalue weighted by molar-refractivity contribution is -0.134. The van der Waals surface area contributed by atoms with Gasteiger partial charge in [-0.3, -0.25) is 19.6 Å². The number of fused-ring (bicyclic) bond motifs is 1. The number of rotatable bonds is 2. The van der Waals surface area contributed by atoms with Crippen LogP contribution in [0, 0.1) is 5.92 Å². The SMILES string of the molecule is O=C([C@@H]1CC(=O)N(c2n[nH]c3ccccc23)C1)N1CCCC1. The van der Waals surface area contributed by atoms with Crippen molar-refractivity contribution in [2.24, 2.45) is 5.92 Å². The highest BCUT2D eigenvalue weighted by molar-refractivity contribution is 6.05. The molecule has 1 aromatic carbocycles. The second kappa shape index (κ2) is 5.12. The lowest BCUT2D eigenvalue weighted by Crippen LogP contribution is -2.35.